The van der Waals surface area contributed by atoms with Gasteiger partial charge in [0.1, 0.15) is 0 Å². The van der Waals surface area contributed by atoms with E-state index in [-0.39, 0.29) is 5.54 Å². The molecule has 0 bridgehead atoms. The first-order valence-corrected chi connectivity index (χ1v) is 8.89. The molecule has 0 aromatic heterocycles. The number of rotatable bonds is 10. The van der Waals surface area contributed by atoms with Gasteiger partial charge in [0.2, 0.25) is 0 Å². The lowest BCUT2D eigenvalue weighted by molar-refractivity contribution is 0.0794. The highest BCUT2D eigenvalue weighted by molar-refractivity contribution is 4.81. The lowest BCUT2D eigenvalue weighted by Crippen LogP contribution is -2.40. The van der Waals surface area contributed by atoms with Gasteiger partial charge in [0, 0.05) is 18.7 Å². The Bertz CT molecular complexity index is 234. The maximum absolute atomic E-state index is 5.94. The van der Waals surface area contributed by atoms with Crippen LogP contribution in [0.4, 0.5) is 0 Å². The number of ether oxygens (including phenoxy) is 1. The summed E-state index contributed by atoms with van der Waals surface area (Å²) in [6.07, 6.45) is 12.8. The van der Waals surface area contributed by atoms with Gasteiger partial charge in [0.25, 0.3) is 0 Å². The second kappa shape index (κ2) is 9.78. The third-order valence-electron chi connectivity index (χ3n) is 4.33. The van der Waals surface area contributed by atoms with Crippen LogP contribution in [0.2, 0.25) is 0 Å². The predicted octanol–water partition coefficient (Wildman–Crippen LogP) is 4.92. The van der Waals surface area contributed by atoms with E-state index in [2.05, 4.69) is 33.0 Å². The summed E-state index contributed by atoms with van der Waals surface area (Å²) in [4.78, 5) is 0. The van der Waals surface area contributed by atoms with Crippen molar-refractivity contribution in [2.45, 2.75) is 97.1 Å². The molecule has 1 heterocycles. The van der Waals surface area contributed by atoms with Crippen LogP contribution in [-0.4, -0.2) is 24.8 Å². The Morgan fingerprint density at radius 3 is 2.30 bits per heavy atom. The molecule has 0 aromatic carbocycles. The van der Waals surface area contributed by atoms with E-state index in [1.165, 1.54) is 57.8 Å². The second-order valence-electron chi connectivity index (χ2n) is 7.50. The van der Waals surface area contributed by atoms with Crippen molar-refractivity contribution in [3.8, 4) is 0 Å². The van der Waals surface area contributed by atoms with E-state index in [0.29, 0.717) is 6.10 Å². The fourth-order valence-corrected chi connectivity index (χ4v) is 2.99. The van der Waals surface area contributed by atoms with Crippen molar-refractivity contribution >= 4 is 0 Å². The van der Waals surface area contributed by atoms with Crippen LogP contribution in [0, 0.1) is 5.92 Å². The zero-order valence-electron chi connectivity index (χ0n) is 14.3. The smallest absolute Gasteiger partial charge is 0.0616 e. The molecule has 2 heteroatoms. The van der Waals surface area contributed by atoms with Gasteiger partial charge in [-0.1, -0.05) is 51.9 Å². The normalized spacial score (nSPS) is 23.4. The van der Waals surface area contributed by atoms with E-state index in [4.69, 9.17) is 4.74 Å². The first kappa shape index (κ1) is 18.0. The van der Waals surface area contributed by atoms with Crippen molar-refractivity contribution in [1.29, 1.82) is 0 Å². The number of nitrogens with one attached hydrogen (secondary N) is 1. The third-order valence-corrected chi connectivity index (χ3v) is 4.33. The Morgan fingerprint density at radius 1 is 1.00 bits per heavy atom. The second-order valence-corrected chi connectivity index (χ2v) is 7.50. The van der Waals surface area contributed by atoms with Gasteiger partial charge in [0.05, 0.1) is 6.10 Å². The molecule has 2 nitrogen and oxygen atoms in total. The van der Waals surface area contributed by atoms with Gasteiger partial charge in [-0.2, -0.15) is 0 Å². The Kier molecular flexibility index (Phi) is 8.79. The summed E-state index contributed by atoms with van der Waals surface area (Å²) in [5, 5.41) is 3.64. The Hall–Kier alpha value is -0.0800. The van der Waals surface area contributed by atoms with Gasteiger partial charge in [-0.15, -0.1) is 0 Å². The molecule has 1 N–H and O–H groups in total. The zero-order chi connectivity index (χ0) is 14.8. The minimum atomic E-state index is 0.229. The topological polar surface area (TPSA) is 21.3 Å². The van der Waals surface area contributed by atoms with Gasteiger partial charge < -0.3 is 10.1 Å². The molecule has 0 amide bonds. The van der Waals surface area contributed by atoms with Crippen LogP contribution >= 0.6 is 0 Å². The highest BCUT2D eigenvalue weighted by atomic mass is 16.5. The van der Waals surface area contributed by atoms with Gasteiger partial charge in [-0.3, -0.25) is 0 Å². The van der Waals surface area contributed by atoms with Crippen molar-refractivity contribution in [3.63, 3.8) is 0 Å². The maximum Gasteiger partial charge on any atom is 0.0616 e. The molecule has 0 spiro atoms. The lowest BCUT2D eigenvalue weighted by Gasteiger charge is -2.25. The maximum atomic E-state index is 5.94. The summed E-state index contributed by atoms with van der Waals surface area (Å²) >= 11 is 0. The van der Waals surface area contributed by atoms with Crippen molar-refractivity contribution < 1.29 is 4.74 Å². The molecule has 20 heavy (non-hydrogen) atoms. The van der Waals surface area contributed by atoms with Crippen molar-refractivity contribution in [3.05, 3.63) is 0 Å². The van der Waals surface area contributed by atoms with Gasteiger partial charge >= 0.3 is 0 Å². The van der Waals surface area contributed by atoms with Gasteiger partial charge in [-0.05, 0) is 39.5 Å². The van der Waals surface area contributed by atoms with Gasteiger partial charge in [-0.25, -0.2) is 0 Å². The van der Waals surface area contributed by atoms with Crippen molar-refractivity contribution in [2.24, 2.45) is 5.92 Å². The average Bonchev–Trinajstić information content (AvgIpc) is 2.82. The summed E-state index contributed by atoms with van der Waals surface area (Å²) in [5.74, 6) is 0.731. The molecular formula is C18H37NO. The first-order chi connectivity index (χ1) is 9.53. The molecule has 1 rings (SSSR count). The summed E-state index contributed by atoms with van der Waals surface area (Å²) in [5.41, 5.74) is 0.229. The standard InChI is InChI=1S/C18H37NO/c1-5-6-7-8-9-10-11-12-17-16(13-14-20-17)15-19-18(2,3)4/h16-17,19H,5-15H2,1-4H3. The van der Waals surface area contributed by atoms with Crippen LogP contribution in [0.5, 0.6) is 0 Å². The van der Waals surface area contributed by atoms with E-state index in [0.717, 1.165) is 19.1 Å². The third kappa shape index (κ3) is 8.26. The molecule has 1 aliphatic heterocycles. The van der Waals surface area contributed by atoms with Crippen LogP contribution in [0.3, 0.4) is 0 Å². The number of unbranched alkanes of at least 4 members (excludes halogenated alkanes) is 6. The molecule has 0 aromatic rings. The van der Waals surface area contributed by atoms with E-state index in [9.17, 15) is 0 Å². The molecule has 0 saturated carbocycles. The van der Waals surface area contributed by atoms with E-state index in [1.807, 2.05) is 0 Å². The highest BCUT2D eigenvalue weighted by Gasteiger charge is 2.28. The summed E-state index contributed by atoms with van der Waals surface area (Å²) in [6, 6.07) is 0. The summed E-state index contributed by atoms with van der Waals surface area (Å²) < 4.78 is 5.94. The molecular weight excluding hydrogens is 246 g/mol. The SMILES string of the molecule is CCCCCCCCCC1OCCC1CNC(C)(C)C. The fraction of sp³-hybridized carbons (Fsp3) is 1.00. The number of hydrogen-bond acceptors (Lipinski definition) is 2. The molecule has 2 unspecified atom stereocenters. The highest BCUT2D eigenvalue weighted by Crippen LogP contribution is 2.25. The van der Waals surface area contributed by atoms with Crippen molar-refractivity contribution in [2.75, 3.05) is 13.2 Å². The summed E-state index contributed by atoms with van der Waals surface area (Å²) in [6.45, 7) is 11.1. The zero-order valence-corrected chi connectivity index (χ0v) is 14.3. The van der Waals surface area contributed by atoms with Crippen LogP contribution in [0.25, 0.3) is 0 Å². The fourth-order valence-electron chi connectivity index (χ4n) is 2.99. The van der Waals surface area contributed by atoms with E-state index in [1.54, 1.807) is 0 Å². The largest absolute Gasteiger partial charge is 0.378 e. The van der Waals surface area contributed by atoms with E-state index >= 15 is 0 Å². The molecule has 0 aliphatic carbocycles. The minimum absolute atomic E-state index is 0.229. The lowest BCUT2D eigenvalue weighted by atomic mass is 9.95. The predicted molar refractivity (Wildman–Crippen MR) is 88.2 cm³/mol. The Balaban J connectivity index is 2.06. The summed E-state index contributed by atoms with van der Waals surface area (Å²) in [7, 11) is 0. The van der Waals surface area contributed by atoms with Crippen LogP contribution < -0.4 is 5.32 Å². The Labute approximate surface area is 127 Å². The van der Waals surface area contributed by atoms with Gasteiger partial charge in [0.15, 0.2) is 0 Å². The first-order valence-electron chi connectivity index (χ1n) is 8.89. The van der Waals surface area contributed by atoms with Crippen LogP contribution in [-0.2, 0) is 4.74 Å². The average molecular weight is 284 g/mol. The minimum Gasteiger partial charge on any atom is -0.378 e. The number of hydrogen-bond donors (Lipinski definition) is 1. The quantitative estimate of drug-likeness (QED) is 0.575. The van der Waals surface area contributed by atoms with Crippen molar-refractivity contribution in [1.82, 2.24) is 5.32 Å². The molecule has 120 valence electrons. The molecule has 2 atom stereocenters. The van der Waals surface area contributed by atoms with Crippen LogP contribution in [0.1, 0.15) is 85.5 Å². The molecule has 1 fully saturated rings. The van der Waals surface area contributed by atoms with Crippen LogP contribution in [0.15, 0.2) is 0 Å². The molecule has 1 saturated heterocycles. The molecule has 0 radical (unpaired) electrons. The Morgan fingerprint density at radius 2 is 1.65 bits per heavy atom. The monoisotopic (exact) mass is 283 g/mol. The van der Waals surface area contributed by atoms with E-state index < -0.39 is 0 Å². The molecule has 1 aliphatic rings.